The predicted molar refractivity (Wildman–Crippen MR) is 88.8 cm³/mol. The molecule has 4 N–H and O–H groups in total. The number of aromatic amines is 2. The van der Waals surface area contributed by atoms with Gasteiger partial charge in [0.15, 0.2) is 0 Å². The van der Waals surface area contributed by atoms with E-state index in [2.05, 4.69) is 15.0 Å². The van der Waals surface area contributed by atoms with E-state index in [1.165, 1.54) is 0 Å². The lowest BCUT2D eigenvalue weighted by Gasteiger charge is -2.06. The van der Waals surface area contributed by atoms with Crippen LogP contribution in [0.5, 0.6) is 0 Å². The number of nitrogen functional groups attached to an aromatic ring is 1. The van der Waals surface area contributed by atoms with Gasteiger partial charge in [-0.25, -0.2) is 4.98 Å². The Labute approximate surface area is 125 Å². The topological polar surface area (TPSA) is 87.6 Å². The largest absolute Gasteiger partial charge is 0.397 e. The smallest absolute Gasteiger partial charge is 0.261 e. The van der Waals surface area contributed by atoms with E-state index in [4.69, 9.17) is 5.73 Å². The lowest BCUT2D eigenvalue weighted by molar-refractivity contribution is 1.25. The molecule has 2 aromatic carbocycles. The standard InChI is InChI=1S/C17H14N4O/c1-9-5-4-8-12-15(9)21-16(19-12)13-14(18)10-6-2-3-7-11(10)20-17(13)22/h2-8H,1H3,(H,19,21)(H3,18,20,22). The van der Waals surface area contributed by atoms with E-state index in [-0.39, 0.29) is 5.56 Å². The maximum Gasteiger partial charge on any atom is 0.261 e. The van der Waals surface area contributed by atoms with Gasteiger partial charge in [0.25, 0.3) is 5.56 Å². The number of pyridine rings is 1. The van der Waals surface area contributed by atoms with Crippen LogP contribution in [-0.4, -0.2) is 15.0 Å². The number of para-hydroxylation sites is 2. The number of anilines is 1. The highest BCUT2D eigenvalue weighted by molar-refractivity contribution is 5.97. The Kier molecular flexibility index (Phi) is 2.56. The molecule has 0 aliphatic carbocycles. The molecule has 0 bridgehead atoms. The SMILES string of the molecule is Cc1cccc2[nH]c(-c3c(N)c4ccccc4[nH]c3=O)nc12. The molecule has 0 amide bonds. The fraction of sp³-hybridized carbons (Fsp3) is 0.0588. The number of benzene rings is 2. The van der Waals surface area contributed by atoms with Gasteiger partial charge in [0.1, 0.15) is 11.4 Å². The first kappa shape index (κ1) is 12.6. The Balaban J connectivity index is 2.08. The van der Waals surface area contributed by atoms with Crippen LogP contribution >= 0.6 is 0 Å². The number of nitrogens with two attached hydrogens (primary N) is 1. The van der Waals surface area contributed by atoms with Crippen molar-refractivity contribution in [1.82, 2.24) is 15.0 Å². The van der Waals surface area contributed by atoms with Gasteiger partial charge in [0.2, 0.25) is 0 Å². The molecule has 2 aromatic heterocycles. The molecule has 108 valence electrons. The molecule has 5 nitrogen and oxygen atoms in total. The minimum absolute atomic E-state index is 0.243. The molecule has 0 saturated heterocycles. The zero-order chi connectivity index (χ0) is 15.3. The number of imidazole rings is 1. The summed E-state index contributed by atoms with van der Waals surface area (Å²) in [5.74, 6) is 0.494. The van der Waals surface area contributed by atoms with Crippen molar-refractivity contribution in [3.8, 4) is 11.4 Å². The number of nitrogens with zero attached hydrogens (tertiary/aromatic N) is 1. The Morgan fingerprint density at radius 2 is 1.77 bits per heavy atom. The number of hydrogen-bond donors (Lipinski definition) is 3. The molecule has 0 spiro atoms. The third kappa shape index (κ3) is 1.72. The molecule has 0 aliphatic rings. The van der Waals surface area contributed by atoms with Crippen molar-refractivity contribution in [3.05, 3.63) is 58.4 Å². The second-order valence-corrected chi connectivity index (χ2v) is 5.34. The summed E-state index contributed by atoms with van der Waals surface area (Å²) in [4.78, 5) is 23.0. The van der Waals surface area contributed by atoms with Gasteiger partial charge in [0, 0.05) is 5.39 Å². The van der Waals surface area contributed by atoms with Crippen LogP contribution in [0.3, 0.4) is 0 Å². The lowest BCUT2D eigenvalue weighted by atomic mass is 10.1. The highest BCUT2D eigenvalue weighted by Gasteiger charge is 2.16. The van der Waals surface area contributed by atoms with E-state index in [1.807, 2.05) is 49.4 Å². The third-order valence-electron chi connectivity index (χ3n) is 3.91. The van der Waals surface area contributed by atoms with Crippen LogP contribution in [0.2, 0.25) is 0 Å². The van der Waals surface area contributed by atoms with E-state index >= 15 is 0 Å². The first-order valence-electron chi connectivity index (χ1n) is 7.01. The van der Waals surface area contributed by atoms with Gasteiger partial charge < -0.3 is 15.7 Å². The molecule has 0 saturated carbocycles. The summed E-state index contributed by atoms with van der Waals surface area (Å²) in [7, 11) is 0. The van der Waals surface area contributed by atoms with Crippen molar-refractivity contribution in [2.75, 3.05) is 5.73 Å². The second kappa shape index (κ2) is 4.46. The molecule has 4 rings (SSSR count). The molecule has 0 radical (unpaired) electrons. The quantitative estimate of drug-likeness (QED) is 0.503. The number of hydrogen-bond acceptors (Lipinski definition) is 3. The van der Waals surface area contributed by atoms with Crippen LogP contribution in [0.15, 0.2) is 47.3 Å². The Bertz CT molecular complexity index is 1080. The molecule has 22 heavy (non-hydrogen) atoms. The first-order chi connectivity index (χ1) is 10.6. The van der Waals surface area contributed by atoms with Gasteiger partial charge >= 0.3 is 0 Å². The molecular formula is C17H14N4O. The predicted octanol–water partition coefficient (Wildman–Crippen LogP) is 2.96. The number of nitrogens with one attached hydrogen (secondary N) is 2. The van der Waals surface area contributed by atoms with Crippen LogP contribution in [0.25, 0.3) is 33.3 Å². The zero-order valence-corrected chi connectivity index (χ0v) is 12.0. The number of aromatic nitrogens is 3. The van der Waals surface area contributed by atoms with Crippen molar-refractivity contribution in [2.24, 2.45) is 0 Å². The highest BCUT2D eigenvalue weighted by atomic mass is 16.1. The fourth-order valence-electron chi connectivity index (χ4n) is 2.80. The van der Waals surface area contributed by atoms with E-state index in [1.54, 1.807) is 0 Å². The van der Waals surface area contributed by atoms with E-state index in [0.29, 0.717) is 17.1 Å². The molecule has 5 heteroatoms. The highest BCUT2D eigenvalue weighted by Crippen LogP contribution is 2.28. The summed E-state index contributed by atoms with van der Waals surface area (Å²) in [6.45, 7) is 1.99. The van der Waals surface area contributed by atoms with Crippen molar-refractivity contribution in [3.63, 3.8) is 0 Å². The van der Waals surface area contributed by atoms with Crippen LogP contribution in [0, 0.1) is 6.92 Å². The zero-order valence-electron chi connectivity index (χ0n) is 12.0. The average Bonchev–Trinajstić information content (AvgIpc) is 2.92. The molecule has 0 aliphatic heterocycles. The van der Waals surface area contributed by atoms with Crippen LogP contribution in [0.4, 0.5) is 5.69 Å². The van der Waals surface area contributed by atoms with Crippen molar-refractivity contribution in [2.45, 2.75) is 6.92 Å². The van der Waals surface area contributed by atoms with Gasteiger partial charge in [0.05, 0.1) is 22.2 Å². The summed E-state index contributed by atoms with van der Waals surface area (Å²) in [5.41, 5.74) is 10.3. The maximum absolute atomic E-state index is 12.4. The van der Waals surface area contributed by atoms with E-state index in [9.17, 15) is 4.79 Å². The Hall–Kier alpha value is -3.08. The third-order valence-corrected chi connectivity index (χ3v) is 3.91. The number of rotatable bonds is 1. The second-order valence-electron chi connectivity index (χ2n) is 5.34. The van der Waals surface area contributed by atoms with Crippen molar-refractivity contribution >= 4 is 27.6 Å². The molecule has 0 atom stereocenters. The first-order valence-corrected chi connectivity index (χ1v) is 7.01. The molecule has 0 fully saturated rings. The molecule has 0 unspecified atom stereocenters. The van der Waals surface area contributed by atoms with E-state index < -0.39 is 0 Å². The van der Waals surface area contributed by atoms with Crippen LogP contribution < -0.4 is 11.3 Å². The summed E-state index contributed by atoms with van der Waals surface area (Å²) in [6, 6.07) is 13.3. The van der Waals surface area contributed by atoms with Crippen LogP contribution in [-0.2, 0) is 0 Å². The van der Waals surface area contributed by atoms with Crippen molar-refractivity contribution in [1.29, 1.82) is 0 Å². The fourth-order valence-corrected chi connectivity index (χ4v) is 2.80. The summed E-state index contributed by atoms with van der Waals surface area (Å²) in [6.07, 6.45) is 0. The minimum atomic E-state index is -0.243. The maximum atomic E-state index is 12.4. The summed E-state index contributed by atoms with van der Waals surface area (Å²) in [5, 5.41) is 0.814. The van der Waals surface area contributed by atoms with Gasteiger partial charge in [-0.3, -0.25) is 4.79 Å². The number of H-pyrrole nitrogens is 2. The van der Waals surface area contributed by atoms with Crippen LogP contribution in [0.1, 0.15) is 5.56 Å². The normalized spacial score (nSPS) is 11.3. The van der Waals surface area contributed by atoms with E-state index in [0.717, 1.165) is 27.5 Å². The number of fused-ring (bicyclic) bond motifs is 2. The van der Waals surface area contributed by atoms with Gasteiger partial charge in [-0.05, 0) is 24.6 Å². The Morgan fingerprint density at radius 3 is 2.59 bits per heavy atom. The van der Waals surface area contributed by atoms with Crippen molar-refractivity contribution < 1.29 is 0 Å². The van der Waals surface area contributed by atoms with Gasteiger partial charge in [-0.2, -0.15) is 0 Å². The van der Waals surface area contributed by atoms with Gasteiger partial charge in [-0.1, -0.05) is 30.3 Å². The monoisotopic (exact) mass is 290 g/mol. The summed E-state index contributed by atoms with van der Waals surface area (Å²) < 4.78 is 0. The molecule has 2 heterocycles. The molecule has 4 aromatic rings. The number of aryl methyl sites for hydroxylation is 1. The average molecular weight is 290 g/mol. The van der Waals surface area contributed by atoms with Gasteiger partial charge in [-0.15, -0.1) is 0 Å². The minimum Gasteiger partial charge on any atom is -0.397 e. The lowest BCUT2D eigenvalue weighted by Crippen LogP contribution is -2.13. The Morgan fingerprint density at radius 1 is 1.00 bits per heavy atom. The molecular weight excluding hydrogens is 276 g/mol. The summed E-state index contributed by atoms with van der Waals surface area (Å²) >= 11 is 0.